The van der Waals surface area contributed by atoms with Crippen LogP contribution < -0.4 is 0 Å². The van der Waals surface area contributed by atoms with Crippen molar-refractivity contribution in [3.05, 3.63) is 53.4 Å². The normalized spacial score (nSPS) is 15.1. The molecule has 0 saturated carbocycles. The van der Waals surface area contributed by atoms with Gasteiger partial charge in [0.15, 0.2) is 11.0 Å². The summed E-state index contributed by atoms with van der Waals surface area (Å²) in [7, 11) is 0. The number of rotatable bonds is 6. The predicted octanol–water partition coefficient (Wildman–Crippen LogP) is 4.34. The summed E-state index contributed by atoms with van der Waals surface area (Å²) in [5.74, 6) is 1.68. The van der Waals surface area contributed by atoms with Crippen LogP contribution in [-0.2, 0) is 11.3 Å². The van der Waals surface area contributed by atoms with E-state index in [1.54, 1.807) is 6.26 Å². The van der Waals surface area contributed by atoms with Crippen LogP contribution in [0.15, 0.2) is 52.2 Å². The number of hydrogen-bond acceptors (Lipinski definition) is 5. The Hall–Kier alpha value is -2.25. The van der Waals surface area contributed by atoms with Gasteiger partial charge in [0.25, 0.3) is 0 Å². The van der Waals surface area contributed by atoms with Crippen LogP contribution >= 0.6 is 23.4 Å². The standard InChI is InChI=1S/C20H21ClN4O2S/c1-14(19(26)24-10-2-3-11-24)28-20-23-22-18(15-6-8-16(21)9-7-15)25(20)13-17-5-4-12-27-17/h4-9,12,14H,2-3,10-11,13H2,1H3. The molecule has 3 aromatic rings. The lowest BCUT2D eigenvalue weighted by Gasteiger charge is -2.19. The Morgan fingerprint density at radius 3 is 2.64 bits per heavy atom. The first kappa shape index (κ1) is 19.1. The summed E-state index contributed by atoms with van der Waals surface area (Å²) < 4.78 is 7.51. The molecular weight excluding hydrogens is 396 g/mol. The molecule has 146 valence electrons. The summed E-state index contributed by atoms with van der Waals surface area (Å²) in [6.45, 7) is 4.11. The minimum atomic E-state index is -0.226. The molecule has 4 rings (SSSR count). The molecule has 1 aromatic carbocycles. The van der Waals surface area contributed by atoms with Gasteiger partial charge in [0.1, 0.15) is 5.76 Å². The van der Waals surface area contributed by atoms with Crippen molar-refractivity contribution in [3.63, 3.8) is 0 Å². The molecule has 28 heavy (non-hydrogen) atoms. The Labute approximate surface area is 172 Å². The van der Waals surface area contributed by atoms with Gasteiger partial charge >= 0.3 is 0 Å². The summed E-state index contributed by atoms with van der Waals surface area (Å²) >= 11 is 7.46. The van der Waals surface area contributed by atoms with E-state index in [1.807, 2.05) is 52.8 Å². The van der Waals surface area contributed by atoms with Crippen LogP contribution in [0.25, 0.3) is 11.4 Å². The number of carbonyl (C=O) groups is 1. The maximum Gasteiger partial charge on any atom is 0.235 e. The molecule has 3 heterocycles. The fourth-order valence-electron chi connectivity index (χ4n) is 3.29. The number of furan rings is 1. The molecule has 1 atom stereocenters. The first-order valence-electron chi connectivity index (χ1n) is 9.29. The van der Waals surface area contributed by atoms with Gasteiger partial charge in [-0.25, -0.2) is 0 Å². The first-order chi connectivity index (χ1) is 13.6. The molecule has 0 aliphatic carbocycles. The minimum absolute atomic E-state index is 0.156. The van der Waals surface area contributed by atoms with Crippen molar-refractivity contribution in [3.8, 4) is 11.4 Å². The highest BCUT2D eigenvalue weighted by atomic mass is 35.5. The molecule has 8 heteroatoms. The third-order valence-electron chi connectivity index (χ3n) is 4.76. The Balaban J connectivity index is 1.62. The number of nitrogens with zero attached hydrogens (tertiary/aromatic N) is 4. The van der Waals surface area contributed by atoms with Gasteiger partial charge in [0, 0.05) is 23.7 Å². The number of likely N-dealkylation sites (tertiary alicyclic amines) is 1. The number of hydrogen-bond donors (Lipinski definition) is 0. The van der Waals surface area contributed by atoms with Crippen LogP contribution in [0.4, 0.5) is 0 Å². The van der Waals surface area contributed by atoms with E-state index in [2.05, 4.69) is 10.2 Å². The van der Waals surface area contributed by atoms with Crippen molar-refractivity contribution in [2.24, 2.45) is 0 Å². The van der Waals surface area contributed by atoms with Gasteiger partial charge in [-0.3, -0.25) is 9.36 Å². The van der Waals surface area contributed by atoms with Crippen LogP contribution in [0.5, 0.6) is 0 Å². The second-order valence-electron chi connectivity index (χ2n) is 6.77. The molecule has 1 aliphatic heterocycles. The molecule has 1 saturated heterocycles. The van der Waals surface area contributed by atoms with Crippen molar-refractivity contribution >= 4 is 29.3 Å². The fourth-order valence-corrected chi connectivity index (χ4v) is 4.35. The number of halogens is 1. The van der Waals surface area contributed by atoms with Gasteiger partial charge in [-0.15, -0.1) is 10.2 Å². The zero-order chi connectivity index (χ0) is 19.5. The maximum absolute atomic E-state index is 12.7. The summed E-state index contributed by atoms with van der Waals surface area (Å²) in [5.41, 5.74) is 0.911. The molecule has 6 nitrogen and oxygen atoms in total. The quantitative estimate of drug-likeness (QED) is 0.559. The SMILES string of the molecule is CC(Sc1nnc(-c2ccc(Cl)cc2)n1Cc1ccco1)C(=O)N1CCCC1. The lowest BCUT2D eigenvalue weighted by Crippen LogP contribution is -2.34. The molecule has 1 aliphatic rings. The van der Waals surface area contributed by atoms with Gasteiger partial charge < -0.3 is 9.32 Å². The van der Waals surface area contributed by atoms with Crippen molar-refractivity contribution in [2.45, 2.75) is 36.7 Å². The Morgan fingerprint density at radius 2 is 1.96 bits per heavy atom. The van der Waals surface area contributed by atoms with E-state index in [0.717, 1.165) is 43.1 Å². The van der Waals surface area contributed by atoms with Gasteiger partial charge in [-0.2, -0.15) is 0 Å². The maximum atomic E-state index is 12.7. The highest BCUT2D eigenvalue weighted by Crippen LogP contribution is 2.29. The topological polar surface area (TPSA) is 64.2 Å². The monoisotopic (exact) mass is 416 g/mol. The fraction of sp³-hybridized carbons (Fsp3) is 0.350. The number of amides is 1. The average molecular weight is 417 g/mol. The van der Waals surface area contributed by atoms with Crippen LogP contribution in [0.3, 0.4) is 0 Å². The van der Waals surface area contributed by atoms with Gasteiger partial charge in [-0.1, -0.05) is 23.4 Å². The van der Waals surface area contributed by atoms with E-state index >= 15 is 0 Å². The smallest absolute Gasteiger partial charge is 0.235 e. The molecule has 1 unspecified atom stereocenters. The highest BCUT2D eigenvalue weighted by Gasteiger charge is 2.26. The lowest BCUT2D eigenvalue weighted by atomic mass is 10.2. The molecule has 1 fully saturated rings. The zero-order valence-electron chi connectivity index (χ0n) is 15.5. The van der Waals surface area contributed by atoms with Crippen molar-refractivity contribution < 1.29 is 9.21 Å². The van der Waals surface area contributed by atoms with Gasteiger partial charge in [-0.05, 0) is 56.2 Å². The molecule has 0 N–H and O–H groups in total. The summed E-state index contributed by atoms with van der Waals surface area (Å²) in [6, 6.07) is 11.3. The predicted molar refractivity (Wildman–Crippen MR) is 109 cm³/mol. The van der Waals surface area contributed by atoms with Crippen molar-refractivity contribution in [2.75, 3.05) is 13.1 Å². The number of benzene rings is 1. The average Bonchev–Trinajstić information content (AvgIpc) is 3.45. The van der Waals surface area contributed by atoms with Gasteiger partial charge in [0.2, 0.25) is 5.91 Å². The first-order valence-corrected chi connectivity index (χ1v) is 10.5. The second kappa shape index (κ2) is 8.41. The molecule has 0 spiro atoms. The van der Waals surface area contributed by atoms with E-state index in [1.165, 1.54) is 11.8 Å². The Morgan fingerprint density at radius 1 is 1.21 bits per heavy atom. The van der Waals surface area contributed by atoms with Crippen LogP contribution in [0.2, 0.25) is 5.02 Å². The number of thioether (sulfide) groups is 1. The highest BCUT2D eigenvalue weighted by molar-refractivity contribution is 8.00. The van der Waals surface area contributed by atoms with Crippen molar-refractivity contribution in [1.82, 2.24) is 19.7 Å². The van der Waals surface area contributed by atoms with E-state index in [9.17, 15) is 4.79 Å². The number of aromatic nitrogens is 3. The second-order valence-corrected chi connectivity index (χ2v) is 8.52. The van der Waals surface area contributed by atoms with Crippen molar-refractivity contribution in [1.29, 1.82) is 0 Å². The third-order valence-corrected chi connectivity index (χ3v) is 6.08. The molecule has 0 radical (unpaired) electrons. The van der Waals surface area contributed by atoms with E-state index < -0.39 is 0 Å². The van der Waals surface area contributed by atoms with E-state index in [4.69, 9.17) is 16.0 Å². The molecule has 2 aromatic heterocycles. The summed E-state index contributed by atoms with van der Waals surface area (Å²) in [6.07, 6.45) is 3.81. The largest absolute Gasteiger partial charge is 0.467 e. The van der Waals surface area contributed by atoms with E-state index in [0.29, 0.717) is 16.7 Å². The Bertz CT molecular complexity index is 934. The zero-order valence-corrected chi connectivity index (χ0v) is 17.1. The van der Waals surface area contributed by atoms with Gasteiger partial charge in [0.05, 0.1) is 18.1 Å². The lowest BCUT2D eigenvalue weighted by molar-refractivity contribution is -0.129. The number of carbonyl (C=O) groups excluding carboxylic acids is 1. The van der Waals surface area contributed by atoms with Crippen LogP contribution in [0, 0.1) is 0 Å². The Kier molecular flexibility index (Phi) is 5.73. The third kappa shape index (κ3) is 4.10. The molecule has 1 amide bonds. The van der Waals surface area contributed by atoms with Crippen LogP contribution in [-0.4, -0.2) is 43.9 Å². The molecular formula is C20H21ClN4O2S. The molecule has 0 bridgehead atoms. The summed E-state index contributed by atoms with van der Waals surface area (Å²) in [5, 5.41) is 9.90. The minimum Gasteiger partial charge on any atom is -0.467 e. The van der Waals surface area contributed by atoms with E-state index in [-0.39, 0.29) is 11.2 Å². The van der Waals surface area contributed by atoms with Crippen LogP contribution in [0.1, 0.15) is 25.5 Å². The summed E-state index contributed by atoms with van der Waals surface area (Å²) in [4.78, 5) is 14.6.